The number of fused-ring (bicyclic) bond motifs is 1. The second-order valence-electron chi connectivity index (χ2n) is 5.35. The number of ether oxygens (including phenoxy) is 1. The number of carbonyl (C=O) groups is 1. The molecule has 0 unspecified atom stereocenters. The van der Waals surface area contributed by atoms with Crippen molar-refractivity contribution in [2.24, 2.45) is 0 Å². The average Bonchev–Trinajstić information content (AvgIpc) is 3.06. The van der Waals surface area contributed by atoms with E-state index in [1.54, 1.807) is 0 Å². The van der Waals surface area contributed by atoms with Gasteiger partial charge in [0, 0.05) is 16.7 Å². The lowest BCUT2D eigenvalue weighted by Crippen LogP contribution is -2.29. The fourth-order valence-corrected chi connectivity index (χ4v) is 3.16. The summed E-state index contributed by atoms with van der Waals surface area (Å²) in [5.74, 6) is -0.275. The Bertz CT molecular complexity index is 784. The van der Waals surface area contributed by atoms with Crippen LogP contribution in [0.4, 0.5) is 0 Å². The van der Waals surface area contributed by atoms with E-state index in [0.29, 0.717) is 5.56 Å². The maximum absolute atomic E-state index is 12.4. The Hall–Kier alpha value is -2.87. The fraction of sp³-hybridized carbons (Fsp3) is 0.208. The van der Waals surface area contributed by atoms with Crippen LogP contribution in [0.15, 0.2) is 84.9 Å². The van der Waals surface area contributed by atoms with Crippen molar-refractivity contribution in [3.63, 3.8) is 0 Å². The molecule has 134 valence electrons. The summed E-state index contributed by atoms with van der Waals surface area (Å²) in [7, 11) is 0. The van der Waals surface area contributed by atoms with E-state index in [1.165, 1.54) is 0 Å². The van der Waals surface area contributed by atoms with Crippen LogP contribution in [0.3, 0.4) is 0 Å². The molecule has 0 bridgehead atoms. The minimum atomic E-state index is -0.865. The molecule has 1 heterocycles. The topological polar surface area (TPSA) is 26.3 Å². The fourth-order valence-electron chi connectivity index (χ4n) is 3.16. The standard InChI is InChI=1S/C20H14O2.2C2H6/c21-19-17-13-7-8-14-18(17)20(22-19,15-9-3-1-4-10-15)16-11-5-2-6-12-16;2*1-2/h1-14H;2*1-2H3. The minimum absolute atomic E-state index is 0.275. The molecule has 4 rings (SSSR count). The summed E-state index contributed by atoms with van der Waals surface area (Å²) >= 11 is 0. The molecule has 0 aliphatic carbocycles. The van der Waals surface area contributed by atoms with Crippen LogP contribution < -0.4 is 0 Å². The molecule has 0 aromatic heterocycles. The molecule has 0 radical (unpaired) electrons. The first-order valence-corrected chi connectivity index (χ1v) is 9.26. The Morgan fingerprint density at radius 2 is 1.04 bits per heavy atom. The van der Waals surface area contributed by atoms with Gasteiger partial charge in [0.15, 0.2) is 5.60 Å². The smallest absolute Gasteiger partial charge is 0.340 e. The van der Waals surface area contributed by atoms with E-state index < -0.39 is 5.60 Å². The molecule has 1 aliphatic rings. The predicted molar refractivity (Wildman–Crippen MR) is 107 cm³/mol. The lowest BCUT2D eigenvalue weighted by Gasteiger charge is -2.30. The summed E-state index contributed by atoms with van der Waals surface area (Å²) < 4.78 is 5.95. The third kappa shape index (κ3) is 3.28. The van der Waals surface area contributed by atoms with Gasteiger partial charge in [0.25, 0.3) is 0 Å². The van der Waals surface area contributed by atoms with Crippen LogP contribution in [0.1, 0.15) is 54.7 Å². The van der Waals surface area contributed by atoms with Crippen molar-refractivity contribution in [1.29, 1.82) is 0 Å². The Morgan fingerprint density at radius 1 is 0.615 bits per heavy atom. The molecule has 26 heavy (non-hydrogen) atoms. The van der Waals surface area contributed by atoms with Gasteiger partial charge in [-0.05, 0) is 6.07 Å². The molecular weight excluding hydrogens is 320 g/mol. The third-order valence-electron chi connectivity index (χ3n) is 4.13. The summed E-state index contributed by atoms with van der Waals surface area (Å²) in [5, 5.41) is 0. The zero-order chi connectivity index (χ0) is 19.0. The van der Waals surface area contributed by atoms with Gasteiger partial charge in [0.1, 0.15) is 0 Å². The van der Waals surface area contributed by atoms with Crippen molar-refractivity contribution in [2.45, 2.75) is 33.3 Å². The van der Waals surface area contributed by atoms with Crippen LogP contribution in [0.5, 0.6) is 0 Å². The maximum Gasteiger partial charge on any atom is 0.340 e. The van der Waals surface area contributed by atoms with Crippen LogP contribution in [-0.2, 0) is 10.3 Å². The van der Waals surface area contributed by atoms with Crippen molar-refractivity contribution in [2.75, 3.05) is 0 Å². The monoisotopic (exact) mass is 346 g/mol. The van der Waals surface area contributed by atoms with E-state index in [1.807, 2.05) is 113 Å². The molecule has 2 heteroatoms. The average molecular weight is 346 g/mol. The highest BCUT2D eigenvalue weighted by molar-refractivity contribution is 5.96. The highest BCUT2D eigenvalue weighted by Gasteiger charge is 2.48. The van der Waals surface area contributed by atoms with Crippen molar-refractivity contribution in [3.8, 4) is 0 Å². The Kier molecular flexibility index (Phi) is 6.74. The van der Waals surface area contributed by atoms with Gasteiger partial charge in [0.2, 0.25) is 0 Å². The highest BCUT2D eigenvalue weighted by Crippen LogP contribution is 2.46. The number of benzene rings is 3. The van der Waals surface area contributed by atoms with E-state index >= 15 is 0 Å². The van der Waals surface area contributed by atoms with E-state index in [0.717, 1.165) is 16.7 Å². The predicted octanol–water partition coefficient (Wildman–Crippen LogP) is 6.20. The Morgan fingerprint density at radius 3 is 1.54 bits per heavy atom. The molecular formula is C24H26O2. The summed E-state index contributed by atoms with van der Waals surface area (Å²) in [6.07, 6.45) is 0. The maximum atomic E-state index is 12.4. The van der Waals surface area contributed by atoms with Crippen LogP contribution in [0.25, 0.3) is 0 Å². The van der Waals surface area contributed by atoms with Crippen molar-refractivity contribution < 1.29 is 9.53 Å². The molecule has 1 aliphatic heterocycles. The van der Waals surface area contributed by atoms with Gasteiger partial charge in [-0.3, -0.25) is 0 Å². The number of cyclic esters (lactones) is 1. The molecule has 0 fully saturated rings. The normalized spacial score (nSPS) is 13.3. The lowest BCUT2D eigenvalue weighted by molar-refractivity contribution is 0.0251. The van der Waals surface area contributed by atoms with Gasteiger partial charge >= 0.3 is 5.97 Å². The Labute approximate surface area is 156 Å². The van der Waals surface area contributed by atoms with E-state index in [9.17, 15) is 4.79 Å². The highest BCUT2D eigenvalue weighted by atomic mass is 16.6. The minimum Gasteiger partial charge on any atom is -0.441 e. The third-order valence-corrected chi connectivity index (χ3v) is 4.13. The van der Waals surface area contributed by atoms with E-state index in [4.69, 9.17) is 4.74 Å². The van der Waals surface area contributed by atoms with Crippen molar-refractivity contribution in [3.05, 3.63) is 107 Å². The first kappa shape index (κ1) is 19.5. The zero-order valence-electron chi connectivity index (χ0n) is 15.9. The molecule has 3 aromatic carbocycles. The number of hydrogen-bond donors (Lipinski definition) is 0. The van der Waals surface area contributed by atoms with Gasteiger partial charge in [0.05, 0.1) is 5.56 Å². The zero-order valence-corrected chi connectivity index (χ0v) is 15.9. The molecule has 0 spiro atoms. The molecule has 0 saturated carbocycles. The summed E-state index contributed by atoms with van der Waals surface area (Å²) in [6, 6.07) is 27.4. The van der Waals surface area contributed by atoms with Gasteiger partial charge < -0.3 is 4.74 Å². The molecule has 0 saturated heterocycles. The Balaban J connectivity index is 0.000000570. The molecule has 0 N–H and O–H groups in total. The second kappa shape index (κ2) is 9.00. The van der Waals surface area contributed by atoms with Crippen LogP contribution in [0, 0.1) is 0 Å². The lowest BCUT2D eigenvalue weighted by atomic mass is 9.80. The SMILES string of the molecule is CC.CC.O=C1OC(c2ccccc2)(c2ccccc2)c2ccccc21. The van der Waals surface area contributed by atoms with Gasteiger partial charge in [-0.1, -0.05) is 107 Å². The first-order chi connectivity index (χ1) is 12.8. The second-order valence-corrected chi connectivity index (χ2v) is 5.35. The molecule has 0 atom stereocenters. The number of hydrogen-bond acceptors (Lipinski definition) is 2. The van der Waals surface area contributed by atoms with E-state index in [2.05, 4.69) is 0 Å². The van der Waals surface area contributed by atoms with Gasteiger partial charge in [-0.2, -0.15) is 0 Å². The van der Waals surface area contributed by atoms with Crippen LogP contribution >= 0.6 is 0 Å². The van der Waals surface area contributed by atoms with Crippen LogP contribution in [0.2, 0.25) is 0 Å². The summed E-state index contributed by atoms with van der Waals surface area (Å²) in [4.78, 5) is 12.4. The quantitative estimate of drug-likeness (QED) is 0.516. The number of esters is 1. The summed E-state index contributed by atoms with van der Waals surface area (Å²) in [6.45, 7) is 8.00. The van der Waals surface area contributed by atoms with Crippen molar-refractivity contribution >= 4 is 5.97 Å². The first-order valence-electron chi connectivity index (χ1n) is 9.26. The number of carbonyl (C=O) groups excluding carboxylic acids is 1. The molecule has 0 amide bonds. The largest absolute Gasteiger partial charge is 0.441 e. The van der Waals surface area contributed by atoms with Crippen molar-refractivity contribution in [1.82, 2.24) is 0 Å². The van der Waals surface area contributed by atoms with Gasteiger partial charge in [-0.15, -0.1) is 0 Å². The summed E-state index contributed by atoms with van der Waals surface area (Å²) in [5.41, 5.74) is 2.59. The number of rotatable bonds is 2. The van der Waals surface area contributed by atoms with Gasteiger partial charge in [-0.25, -0.2) is 4.79 Å². The molecule has 2 nitrogen and oxygen atoms in total. The molecule has 3 aromatic rings. The van der Waals surface area contributed by atoms with E-state index in [-0.39, 0.29) is 5.97 Å². The van der Waals surface area contributed by atoms with Crippen LogP contribution in [-0.4, -0.2) is 5.97 Å².